The van der Waals surface area contributed by atoms with E-state index in [0.717, 1.165) is 40.9 Å². The topological polar surface area (TPSA) is 50.7 Å². The van der Waals surface area contributed by atoms with Crippen molar-refractivity contribution in [2.75, 3.05) is 11.9 Å². The Bertz CT molecular complexity index is 724. The van der Waals surface area contributed by atoms with E-state index in [0.29, 0.717) is 0 Å². The highest BCUT2D eigenvalue weighted by atomic mass is 15.0. The minimum atomic E-state index is 0.864. The third-order valence-corrected chi connectivity index (χ3v) is 3.12. The molecule has 4 nitrogen and oxygen atoms in total. The van der Waals surface area contributed by atoms with Gasteiger partial charge in [-0.05, 0) is 24.6 Å². The molecule has 0 radical (unpaired) electrons. The van der Waals surface area contributed by atoms with Crippen LogP contribution in [0.1, 0.15) is 13.3 Å². The first-order valence-corrected chi connectivity index (χ1v) is 6.78. The van der Waals surface area contributed by atoms with Crippen molar-refractivity contribution in [1.82, 2.24) is 15.0 Å². The second-order valence-corrected chi connectivity index (χ2v) is 4.63. The summed E-state index contributed by atoms with van der Waals surface area (Å²) in [6.45, 7) is 3.05. The maximum absolute atomic E-state index is 4.35. The summed E-state index contributed by atoms with van der Waals surface area (Å²) in [4.78, 5) is 12.9. The molecule has 3 aromatic rings. The van der Waals surface area contributed by atoms with Gasteiger partial charge in [-0.2, -0.15) is 0 Å². The predicted octanol–water partition coefficient (Wildman–Crippen LogP) is 3.51. The van der Waals surface area contributed by atoms with Gasteiger partial charge in [0.1, 0.15) is 12.1 Å². The van der Waals surface area contributed by atoms with Gasteiger partial charge < -0.3 is 5.32 Å². The molecule has 0 aliphatic heterocycles. The molecule has 0 atom stereocenters. The van der Waals surface area contributed by atoms with E-state index in [-0.39, 0.29) is 0 Å². The van der Waals surface area contributed by atoms with Crippen molar-refractivity contribution < 1.29 is 0 Å². The van der Waals surface area contributed by atoms with E-state index in [9.17, 15) is 0 Å². The van der Waals surface area contributed by atoms with Gasteiger partial charge in [-0.3, -0.25) is 4.98 Å². The van der Waals surface area contributed by atoms with E-state index in [1.807, 2.05) is 24.3 Å². The summed E-state index contributed by atoms with van der Waals surface area (Å²) >= 11 is 0. The number of nitrogens with one attached hydrogen (secondary N) is 1. The lowest BCUT2D eigenvalue weighted by Gasteiger charge is -2.06. The Morgan fingerprint density at radius 2 is 2.00 bits per heavy atom. The third-order valence-electron chi connectivity index (χ3n) is 3.12. The molecule has 0 spiro atoms. The molecule has 0 bridgehead atoms. The molecular formula is C16H16N4. The summed E-state index contributed by atoms with van der Waals surface area (Å²) < 4.78 is 0. The Labute approximate surface area is 117 Å². The van der Waals surface area contributed by atoms with Gasteiger partial charge in [0.15, 0.2) is 0 Å². The van der Waals surface area contributed by atoms with Crippen molar-refractivity contribution >= 4 is 16.7 Å². The molecule has 100 valence electrons. The largest absolute Gasteiger partial charge is 0.370 e. The first kappa shape index (κ1) is 12.5. The fraction of sp³-hybridized carbons (Fsp3) is 0.188. The van der Waals surface area contributed by atoms with Crippen LogP contribution in [0, 0.1) is 0 Å². The van der Waals surface area contributed by atoms with Gasteiger partial charge in [0.25, 0.3) is 0 Å². The zero-order chi connectivity index (χ0) is 13.8. The van der Waals surface area contributed by atoms with Crippen LogP contribution in [0.25, 0.3) is 22.2 Å². The zero-order valence-corrected chi connectivity index (χ0v) is 11.4. The van der Waals surface area contributed by atoms with Crippen molar-refractivity contribution in [3.05, 3.63) is 48.9 Å². The van der Waals surface area contributed by atoms with Gasteiger partial charge in [-0.15, -0.1) is 0 Å². The van der Waals surface area contributed by atoms with Crippen LogP contribution in [-0.4, -0.2) is 21.5 Å². The summed E-state index contributed by atoms with van der Waals surface area (Å²) in [6.07, 6.45) is 4.47. The summed E-state index contributed by atoms with van der Waals surface area (Å²) in [5.74, 6) is 0.864. The third kappa shape index (κ3) is 2.59. The summed E-state index contributed by atoms with van der Waals surface area (Å²) in [7, 11) is 0. The molecule has 2 aromatic heterocycles. The summed E-state index contributed by atoms with van der Waals surface area (Å²) in [5, 5.41) is 4.40. The highest BCUT2D eigenvalue weighted by molar-refractivity contribution is 5.83. The highest BCUT2D eigenvalue weighted by Gasteiger charge is 2.03. The second-order valence-electron chi connectivity index (χ2n) is 4.63. The highest BCUT2D eigenvalue weighted by Crippen LogP contribution is 2.22. The van der Waals surface area contributed by atoms with E-state index in [2.05, 4.69) is 39.3 Å². The lowest BCUT2D eigenvalue weighted by Crippen LogP contribution is -2.02. The Morgan fingerprint density at radius 1 is 1.05 bits per heavy atom. The fourth-order valence-electron chi connectivity index (χ4n) is 2.10. The first-order chi connectivity index (χ1) is 9.86. The lowest BCUT2D eigenvalue weighted by molar-refractivity contribution is 0.965. The molecule has 0 unspecified atom stereocenters. The molecule has 0 fully saturated rings. The average molecular weight is 264 g/mol. The molecule has 0 aliphatic rings. The minimum Gasteiger partial charge on any atom is -0.370 e. The van der Waals surface area contributed by atoms with Crippen LogP contribution < -0.4 is 5.32 Å². The molecule has 0 saturated heterocycles. The smallest absolute Gasteiger partial charge is 0.129 e. The van der Waals surface area contributed by atoms with E-state index in [1.165, 1.54) is 0 Å². The monoisotopic (exact) mass is 264 g/mol. The molecule has 0 aliphatic carbocycles. The number of hydrogen-bond donors (Lipinski definition) is 1. The Hall–Kier alpha value is -2.49. The Morgan fingerprint density at radius 3 is 2.90 bits per heavy atom. The normalized spacial score (nSPS) is 10.7. The zero-order valence-electron chi connectivity index (χ0n) is 11.4. The van der Waals surface area contributed by atoms with E-state index in [1.54, 1.807) is 12.5 Å². The maximum atomic E-state index is 4.35. The molecular weight excluding hydrogens is 248 g/mol. The lowest BCUT2D eigenvalue weighted by atomic mass is 10.1. The second kappa shape index (κ2) is 5.65. The van der Waals surface area contributed by atoms with Crippen molar-refractivity contribution in [2.45, 2.75) is 13.3 Å². The quantitative estimate of drug-likeness (QED) is 0.783. The number of hydrogen-bond acceptors (Lipinski definition) is 4. The van der Waals surface area contributed by atoms with Gasteiger partial charge >= 0.3 is 0 Å². The van der Waals surface area contributed by atoms with Crippen LogP contribution in [0.4, 0.5) is 5.82 Å². The average Bonchev–Trinajstić information content (AvgIpc) is 2.53. The van der Waals surface area contributed by atoms with Crippen molar-refractivity contribution in [3.63, 3.8) is 0 Å². The fourth-order valence-corrected chi connectivity index (χ4v) is 2.10. The number of fused-ring (bicyclic) bond motifs is 1. The molecule has 0 saturated carbocycles. The molecule has 3 rings (SSSR count). The minimum absolute atomic E-state index is 0.864. The van der Waals surface area contributed by atoms with Crippen molar-refractivity contribution in [2.24, 2.45) is 0 Å². The SMILES string of the molecule is CCCNc1cc(-c2ccc3ncccc3c2)ncn1. The first-order valence-electron chi connectivity index (χ1n) is 6.78. The van der Waals surface area contributed by atoms with E-state index < -0.39 is 0 Å². The Kier molecular flexibility index (Phi) is 3.54. The summed E-state index contributed by atoms with van der Waals surface area (Å²) in [5.41, 5.74) is 2.99. The van der Waals surface area contributed by atoms with Crippen LogP contribution >= 0.6 is 0 Å². The number of aromatic nitrogens is 3. The van der Waals surface area contributed by atoms with Crippen molar-refractivity contribution in [3.8, 4) is 11.3 Å². The number of rotatable bonds is 4. The molecule has 4 heteroatoms. The van der Waals surface area contributed by atoms with Gasteiger partial charge in [0.2, 0.25) is 0 Å². The molecule has 2 heterocycles. The van der Waals surface area contributed by atoms with Crippen LogP contribution in [-0.2, 0) is 0 Å². The van der Waals surface area contributed by atoms with Gasteiger partial charge in [0, 0.05) is 29.8 Å². The summed E-state index contributed by atoms with van der Waals surface area (Å²) in [6, 6.07) is 12.2. The standard InChI is InChI=1S/C16H16N4/c1-2-7-18-16-10-15(19-11-20-16)13-5-6-14-12(9-13)4-3-8-17-14/h3-6,8-11H,2,7H2,1H3,(H,18,19,20). The number of pyridine rings is 1. The number of benzene rings is 1. The van der Waals surface area contributed by atoms with Crippen LogP contribution in [0.2, 0.25) is 0 Å². The van der Waals surface area contributed by atoms with E-state index in [4.69, 9.17) is 0 Å². The molecule has 1 aromatic carbocycles. The van der Waals surface area contributed by atoms with Crippen LogP contribution in [0.15, 0.2) is 48.9 Å². The molecule has 0 amide bonds. The van der Waals surface area contributed by atoms with Crippen LogP contribution in [0.5, 0.6) is 0 Å². The number of anilines is 1. The predicted molar refractivity (Wildman–Crippen MR) is 81.5 cm³/mol. The van der Waals surface area contributed by atoms with Crippen LogP contribution in [0.3, 0.4) is 0 Å². The van der Waals surface area contributed by atoms with Crippen molar-refractivity contribution in [1.29, 1.82) is 0 Å². The van der Waals surface area contributed by atoms with Gasteiger partial charge in [0.05, 0.1) is 11.2 Å². The van der Waals surface area contributed by atoms with E-state index >= 15 is 0 Å². The van der Waals surface area contributed by atoms with Gasteiger partial charge in [-0.25, -0.2) is 9.97 Å². The number of nitrogens with zero attached hydrogens (tertiary/aromatic N) is 3. The maximum Gasteiger partial charge on any atom is 0.129 e. The molecule has 1 N–H and O–H groups in total. The molecule has 20 heavy (non-hydrogen) atoms. The Balaban J connectivity index is 1.97. The van der Waals surface area contributed by atoms with Gasteiger partial charge in [-0.1, -0.05) is 19.1 Å².